The maximum atomic E-state index is 12.7. The van der Waals surface area contributed by atoms with Gasteiger partial charge in [0.25, 0.3) is 5.85 Å². The molecule has 0 saturated carbocycles. The second-order valence-corrected chi connectivity index (χ2v) is 3.46. The van der Waals surface area contributed by atoms with Crippen molar-refractivity contribution in [3.8, 4) is 0 Å². The minimum atomic E-state index is -4.67. The van der Waals surface area contributed by atoms with Crippen LogP contribution in [0.5, 0.6) is 0 Å². The molecular formula is C9H17F3O2. The molecule has 0 aromatic carbocycles. The molecule has 0 saturated heterocycles. The standard InChI is InChI=1S/C9H17F3O2/c1-2-3-4-5-6-7-8(10,13)9(11,12)14/h13-14H,2-7H2,1H3. The predicted molar refractivity (Wildman–Crippen MR) is 46.6 cm³/mol. The highest BCUT2D eigenvalue weighted by Crippen LogP contribution is 2.32. The summed E-state index contributed by atoms with van der Waals surface area (Å²) in [5.74, 6) is -3.79. The molecule has 0 aromatic heterocycles. The van der Waals surface area contributed by atoms with Gasteiger partial charge in [0.15, 0.2) is 0 Å². The van der Waals surface area contributed by atoms with Crippen molar-refractivity contribution < 1.29 is 23.4 Å². The van der Waals surface area contributed by atoms with Crippen molar-refractivity contribution in [2.75, 3.05) is 0 Å². The third kappa shape index (κ3) is 4.81. The fourth-order valence-electron chi connectivity index (χ4n) is 1.11. The molecule has 1 atom stereocenters. The minimum absolute atomic E-state index is 0.142. The number of halogens is 3. The van der Waals surface area contributed by atoms with E-state index in [0.717, 1.165) is 19.3 Å². The lowest BCUT2D eigenvalue weighted by Crippen LogP contribution is -2.43. The summed E-state index contributed by atoms with van der Waals surface area (Å²) in [7, 11) is 0. The smallest absolute Gasteiger partial charge is 0.355 e. The summed E-state index contributed by atoms with van der Waals surface area (Å²) in [4.78, 5) is 0. The van der Waals surface area contributed by atoms with Crippen LogP contribution in [-0.2, 0) is 0 Å². The van der Waals surface area contributed by atoms with Crippen LogP contribution >= 0.6 is 0 Å². The molecule has 2 N–H and O–H groups in total. The number of hydrogen-bond acceptors (Lipinski definition) is 2. The van der Waals surface area contributed by atoms with Crippen LogP contribution in [0.4, 0.5) is 13.2 Å². The van der Waals surface area contributed by atoms with Crippen molar-refractivity contribution >= 4 is 0 Å². The number of alkyl halides is 3. The van der Waals surface area contributed by atoms with Gasteiger partial charge in [-0.15, -0.1) is 0 Å². The van der Waals surface area contributed by atoms with Gasteiger partial charge in [0, 0.05) is 6.42 Å². The first-order valence-electron chi connectivity index (χ1n) is 4.82. The molecule has 0 bridgehead atoms. The highest BCUT2D eigenvalue weighted by atomic mass is 19.3. The number of rotatable bonds is 7. The molecule has 0 amide bonds. The van der Waals surface area contributed by atoms with Gasteiger partial charge < -0.3 is 10.2 Å². The molecule has 86 valence electrons. The predicted octanol–water partition coefficient (Wildman–Crippen LogP) is 2.59. The Hall–Kier alpha value is -0.290. The van der Waals surface area contributed by atoms with E-state index in [2.05, 4.69) is 0 Å². The van der Waals surface area contributed by atoms with Crippen molar-refractivity contribution in [3.63, 3.8) is 0 Å². The molecule has 0 aromatic rings. The molecule has 1 unspecified atom stereocenters. The van der Waals surface area contributed by atoms with E-state index in [0.29, 0.717) is 6.42 Å². The lowest BCUT2D eigenvalue weighted by molar-refractivity contribution is -0.354. The molecule has 2 nitrogen and oxygen atoms in total. The molecule has 14 heavy (non-hydrogen) atoms. The Morgan fingerprint density at radius 2 is 1.43 bits per heavy atom. The summed E-state index contributed by atoms with van der Waals surface area (Å²) in [6, 6.07) is 0. The topological polar surface area (TPSA) is 40.5 Å². The molecule has 5 heteroatoms. The Kier molecular flexibility index (Phi) is 5.44. The van der Waals surface area contributed by atoms with Crippen molar-refractivity contribution in [2.45, 2.75) is 57.4 Å². The van der Waals surface area contributed by atoms with Crippen molar-refractivity contribution in [3.05, 3.63) is 0 Å². The first-order chi connectivity index (χ1) is 6.31. The molecule has 0 fully saturated rings. The Balaban J connectivity index is 3.67. The van der Waals surface area contributed by atoms with Crippen LogP contribution in [0, 0.1) is 0 Å². The first kappa shape index (κ1) is 13.7. The zero-order valence-corrected chi connectivity index (χ0v) is 8.27. The van der Waals surface area contributed by atoms with Crippen molar-refractivity contribution in [2.24, 2.45) is 0 Å². The largest absolute Gasteiger partial charge is 0.412 e. The normalized spacial score (nSPS) is 16.7. The lowest BCUT2D eigenvalue weighted by atomic mass is 10.1. The Bertz CT molecular complexity index is 155. The summed E-state index contributed by atoms with van der Waals surface area (Å²) in [5, 5.41) is 16.5. The van der Waals surface area contributed by atoms with Crippen LogP contribution in [0.1, 0.15) is 45.4 Å². The summed E-state index contributed by atoms with van der Waals surface area (Å²) < 4.78 is 36.7. The molecule has 0 spiro atoms. The fourth-order valence-corrected chi connectivity index (χ4v) is 1.11. The van der Waals surface area contributed by atoms with Crippen molar-refractivity contribution in [1.82, 2.24) is 0 Å². The molecule has 0 aliphatic rings. The van der Waals surface area contributed by atoms with Crippen LogP contribution in [0.2, 0.25) is 0 Å². The average molecular weight is 214 g/mol. The van der Waals surface area contributed by atoms with Gasteiger partial charge in [0.1, 0.15) is 0 Å². The van der Waals surface area contributed by atoms with E-state index in [1.54, 1.807) is 0 Å². The van der Waals surface area contributed by atoms with Gasteiger partial charge in [-0.2, -0.15) is 8.78 Å². The Morgan fingerprint density at radius 1 is 0.929 bits per heavy atom. The molecule has 0 aliphatic heterocycles. The second kappa shape index (κ2) is 5.56. The van der Waals surface area contributed by atoms with Gasteiger partial charge in [0.2, 0.25) is 0 Å². The van der Waals surface area contributed by atoms with Gasteiger partial charge in [-0.25, -0.2) is 4.39 Å². The quantitative estimate of drug-likeness (QED) is 0.639. The summed E-state index contributed by atoms with van der Waals surface area (Å²) >= 11 is 0. The minimum Gasteiger partial charge on any atom is -0.355 e. The summed E-state index contributed by atoms with van der Waals surface area (Å²) in [5.41, 5.74) is 0. The SMILES string of the molecule is CCCCCCCC(O)(F)C(O)(F)F. The maximum Gasteiger partial charge on any atom is 0.412 e. The van der Waals surface area contributed by atoms with Crippen LogP contribution in [0.25, 0.3) is 0 Å². The third-order valence-corrected chi connectivity index (χ3v) is 2.07. The van der Waals surface area contributed by atoms with Crippen LogP contribution < -0.4 is 0 Å². The van der Waals surface area contributed by atoms with E-state index < -0.39 is 18.4 Å². The number of aliphatic hydroxyl groups is 2. The van der Waals surface area contributed by atoms with Crippen LogP contribution in [-0.4, -0.2) is 22.2 Å². The Labute approximate surface area is 81.7 Å². The molecular weight excluding hydrogens is 197 g/mol. The lowest BCUT2D eigenvalue weighted by Gasteiger charge is -2.23. The zero-order chi connectivity index (χ0) is 11.2. The van der Waals surface area contributed by atoms with Gasteiger partial charge in [-0.1, -0.05) is 32.6 Å². The van der Waals surface area contributed by atoms with Gasteiger partial charge >= 0.3 is 6.11 Å². The number of unbranched alkanes of at least 4 members (excludes halogenated alkanes) is 4. The second-order valence-electron chi connectivity index (χ2n) is 3.46. The van der Waals surface area contributed by atoms with Gasteiger partial charge in [0.05, 0.1) is 0 Å². The zero-order valence-electron chi connectivity index (χ0n) is 8.27. The van der Waals surface area contributed by atoms with E-state index in [1.165, 1.54) is 0 Å². The van der Waals surface area contributed by atoms with E-state index in [1.807, 2.05) is 6.92 Å². The number of hydrogen-bond donors (Lipinski definition) is 2. The maximum absolute atomic E-state index is 12.7. The van der Waals surface area contributed by atoms with Crippen LogP contribution in [0.3, 0.4) is 0 Å². The van der Waals surface area contributed by atoms with Gasteiger partial charge in [-0.3, -0.25) is 0 Å². The fraction of sp³-hybridized carbons (Fsp3) is 1.00. The van der Waals surface area contributed by atoms with E-state index in [4.69, 9.17) is 10.2 Å². The molecule has 0 aliphatic carbocycles. The average Bonchev–Trinajstić information content (AvgIpc) is 2.02. The molecule has 0 heterocycles. The van der Waals surface area contributed by atoms with Gasteiger partial charge in [-0.05, 0) is 6.42 Å². The van der Waals surface area contributed by atoms with Crippen LogP contribution in [0.15, 0.2) is 0 Å². The monoisotopic (exact) mass is 214 g/mol. The highest BCUT2D eigenvalue weighted by Gasteiger charge is 2.52. The van der Waals surface area contributed by atoms with Crippen molar-refractivity contribution in [1.29, 1.82) is 0 Å². The van der Waals surface area contributed by atoms with E-state index in [-0.39, 0.29) is 6.42 Å². The molecule has 0 rings (SSSR count). The highest BCUT2D eigenvalue weighted by molar-refractivity contribution is 4.73. The summed E-state index contributed by atoms with van der Waals surface area (Å²) in [6.07, 6.45) is -1.91. The van der Waals surface area contributed by atoms with E-state index in [9.17, 15) is 13.2 Å². The first-order valence-corrected chi connectivity index (χ1v) is 4.82. The Morgan fingerprint density at radius 3 is 1.86 bits per heavy atom. The van der Waals surface area contributed by atoms with E-state index >= 15 is 0 Å². The molecule has 0 radical (unpaired) electrons. The summed E-state index contributed by atoms with van der Waals surface area (Å²) in [6.45, 7) is 1.99. The third-order valence-electron chi connectivity index (χ3n) is 2.07.